The first-order valence-electron chi connectivity index (χ1n) is 6.43. The lowest BCUT2D eigenvalue weighted by atomic mass is 10.1. The van der Waals surface area contributed by atoms with E-state index in [1.165, 1.54) is 16.8 Å². The van der Waals surface area contributed by atoms with E-state index in [2.05, 4.69) is 5.32 Å². The van der Waals surface area contributed by atoms with E-state index in [9.17, 15) is 22.4 Å². The molecule has 4 nitrogen and oxygen atoms in total. The molecule has 0 bridgehead atoms. The molecule has 8 heteroatoms. The van der Waals surface area contributed by atoms with Crippen molar-refractivity contribution in [2.45, 2.75) is 12.7 Å². The molecule has 120 valence electrons. The zero-order valence-electron chi connectivity index (χ0n) is 11.9. The van der Waals surface area contributed by atoms with Crippen molar-refractivity contribution >= 4 is 5.91 Å². The van der Waals surface area contributed by atoms with Gasteiger partial charge in [0.05, 0.1) is 11.1 Å². The molecule has 0 aliphatic rings. The fourth-order valence-electron chi connectivity index (χ4n) is 2.05. The van der Waals surface area contributed by atoms with Gasteiger partial charge in [-0.2, -0.15) is 18.4 Å². The maximum Gasteiger partial charge on any atom is 0.419 e. The molecule has 1 heterocycles. The minimum atomic E-state index is -4.80. The van der Waals surface area contributed by atoms with Crippen LogP contribution in [0.2, 0.25) is 0 Å². The third-order valence-electron chi connectivity index (χ3n) is 3.19. The summed E-state index contributed by atoms with van der Waals surface area (Å²) in [4.78, 5) is 12.0. The zero-order valence-corrected chi connectivity index (χ0v) is 11.9. The number of nitriles is 1. The summed E-state index contributed by atoms with van der Waals surface area (Å²) in [5, 5.41) is 11.1. The normalized spacial score (nSPS) is 11.1. The summed E-state index contributed by atoms with van der Waals surface area (Å²) in [5.74, 6) is -2.03. The number of aromatic nitrogens is 1. The SMILES string of the molecule is Cn1cc(C#N)cc1C(=O)NCc1cccc(C(F)(F)F)c1F. The van der Waals surface area contributed by atoms with E-state index in [0.717, 1.165) is 12.1 Å². The van der Waals surface area contributed by atoms with Crippen LogP contribution in [0.4, 0.5) is 17.6 Å². The molecule has 1 amide bonds. The van der Waals surface area contributed by atoms with Gasteiger partial charge in [-0.25, -0.2) is 4.39 Å². The van der Waals surface area contributed by atoms with Crippen molar-refractivity contribution in [1.82, 2.24) is 9.88 Å². The quantitative estimate of drug-likeness (QED) is 0.882. The highest BCUT2D eigenvalue weighted by Gasteiger charge is 2.34. The first-order valence-corrected chi connectivity index (χ1v) is 6.43. The van der Waals surface area contributed by atoms with Crippen LogP contribution in [-0.2, 0) is 19.8 Å². The second-order valence-electron chi connectivity index (χ2n) is 4.80. The van der Waals surface area contributed by atoms with Crippen molar-refractivity contribution in [3.05, 3.63) is 58.7 Å². The lowest BCUT2D eigenvalue weighted by Crippen LogP contribution is -2.25. The Hall–Kier alpha value is -2.82. The Morgan fingerprint density at radius 2 is 2.09 bits per heavy atom. The smallest absolute Gasteiger partial charge is 0.347 e. The number of amides is 1. The highest BCUT2D eigenvalue weighted by molar-refractivity contribution is 5.93. The molecule has 0 unspecified atom stereocenters. The van der Waals surface area contributed by atoms with Gasteiger partial charge in [0, 0.05) is 25.4 Å². The Bertz CT molecular complexity index is 787. The molecular weight excluding hydrogens is 314 g/mol. The van der Waals surface area contributed by atoms with Crippen LogP contribution in [0.3, 0.4) is 0 Å². The molecule has 0 aliphatic carbocycles. The number of nitrogens with zero attached hydrogens (tertiary/aromatic N) is 2. The molecule has 2 rings (SSSR count). The molecule has 1 aromatic carbocycles. The second kappa shape index (κ2) is 6.12. The topological polar surface area (TPSA) is 57.8 Å². The summed E-state index contributed by atoms with van der Waals surface area (Å²) in [6, 6.07) is 6.07. The Morgan fingerprint density at radius 1 is 1.39 bits per heavy atom. The minimum absolute atomic E-state index is 0.147. The maximum atomic E-state index is 13.8. The van der Waals surface area contributed by atoms with E-state index in [-0.39, 0.29) is 16.8 Å². The highest BCUT2D eigenvalue weighted by atomic mass is 19.4. The van der Waals surface area contributed by atoms with Gasteiger partial charge in [-0.15, -0.1) is 0 Å². The summed E-state index contributed by atoms with van der Waals surface area (Å²) in [5.41, 5.74) is -1.24. The number of hydrogen-bond donors (Lipinski definition) is 1. The maximum absolute atomic E-state index is 13.8. The number of hydrogen-bond acceptors (Lipinski definition) is 2. The van der Waals surface area contributed by atoms with Crippen molar-refractivity contribution in [2.75, 3.05) is 0 Å². The Labute approximate surface area is 128 Å². The van der Waals surface area contributed by atoms with E-state index in [0.29, 0.717) is 6.07 Å². The Balaban J connectivity index is 2.17. The summed E-state index contributed by atoms with van der Waals surface area (Å²) in [6.07, 6.45) is -3.37. The van der Waals surface area contributed by atoms with E-state index >= 15 is 0 Å². The van der Waals surface area contributed by atoms with E-state index in [1.807, 2.05) is 6.07 Å². The number of aryl methyl sites for hydroxylation is 1. The van der Waals surface area contributed by atoms with Crippen LogP contribution in [-0.4, -0.2) is 10.5 Å². The molecule has 1 aromatic heterocycles. The minimum Gasteiger partial charge on any atom is -0.347 e. The monoisotopic (exact) mass is 325 g/mol. The van der Waals surface area contributed by atoms with Crippen LogP contribution in [0.5, 0.6) is 0 Å². The van der Waals surface area contributed by atoms with Gasteiger partial charge in [-0.3, -0.25) is 4.79 Å². The van der Waals surface area contributed by atoms with Crippen LogP contribution >= 0.6 is 0 Å². The molecular formula is C15H11F4N3O. The van der Waals surface area contributed by atoms with Crippen LogP contribution in [0.25, 0.3) is 0 Å². The average Bonchev–Trinajstić information content (AvgIpc) is 2.86. The first-order chi connectivity index (χ1) is 10.7. The van der Waals surface area contributed by atoms with Gasteiger partial charge in [-0.05, 0) is 12.1 Å². The lowest BCUT2D eigenvalue weighted by molar-refractivity contribution is -0.140. The standard InChI is InChI=1S/C15H11F4N3O/c1-22-8-9(6-20)5-12(22)14(23)21-7-10-3-2-4-11(13(10)16)15(17,18)19/h2-5,8H,7H2,1H3,(H,21,23). The Kier molecular flexibility index (Phi) is 4.40. The van der Waals surface area contributed by atoms with Crippen LogP contribution in [0.1, 0.15) is 27.2 Å². The van der Waals surface area contributed by atoms with E-state index in [1.54, 1.807) is 7.05 Å². The largest absolute Gasteiger partial charge is 0.419 e. The number of benzene rings is 1. The first kappa shape index (κ1) is 16.5. The summed E-state index contributed by atoms with van der Waals surface area (Å²) < 4.78 is 53.1. The molecule has 1 N–H and O–H groups in total. The molecule has 2 aromatic rings. The van der Waals surface area contributed by atoms with Gasteiger partial charge in [0.15, 0.2) is 0 Å². The van der Waals surface area contributed by atoms with Crippen LogP contribution in [0, 0.1) is 17.1 Å². The molecule has 0 saturated carbocycles. The summed E-state index contributed by atoms with van der Waals surface area (Å²) in [6.45, 7) is -0.401. The number of rotatable bonds is 3. The second-order valence-corrected chi connectivity index (χ2v) is 4.80. The van der Waals surface area contributed by atoms with Gasteiger partial charge in [0.1, 0.15) is 17.6 Å². The number of carbonyl (C=O) groups excluding carboxylic acids is 1. The van der Waals surface area contributed by atoms with Gasteiger partial charge in [0.2, 0.25) is 0 Å². The van der Waals surface area contributed by atoms with Crippen molar-refractivity contribution in [1.29, 1.82) is 5.26 Å². The third kappa shape index (κ3) is 3.51. The van der Waals surface area contributed by atoms with Crippen molar-refractivity contribution < 1.29 is 22.4 Å². The highest BCUT2D eigenvalue weighted by Crippen LogP contribution is 2.32. The fourth-order valence-corrected chi connectivity index (χ4v) is 2.05. The molecule has 0 fully saturated rings. The average molecular weight is 325 g/mol. The predicted molar refractivity (Wildman–Crippen MR) is 72.7 cm³/mol. The van der Waals surface area contributed by atoms with Crippen molar-refractivity contribution in [2.24, 2.45) is 7.05 Å². The number of carbonyl (C=O) groups is 1. The van der Waals surface area contributed by atoms with Gasteiger partial charge in [0.25, 0.3) is 5.91 Å². The van der Waals surface area contributed by atoms with E-state index in [4.69, 9.17) is 5.26 Å². The van der Waals surface area contributed by atoms with Crippen molar-refractivity contribution in [3.8, 4) is 6.07 Å². The molecule has 0 spiro atoms. The van der Waals surface area contributed by atoms with Crippen molar-refractivity contribution in [3.63, 3.8) is 0 Å². The number of nitrogens with one attached hydrogen (secondary N) is 1. The molecule has 0 saturated heterocycles. The van der Waals surface area contributed by atoms with Crippen LogP contribution in [0.15, 0.2) is 30.5 Å². The number of halogens is 4. The zero-order chi connectivity index (χ0) is 17.2. The lowest BCUT2D eigenvalue weighted by Gasteiger charge is -2.12. The van der Waals surface area contributed by atoms with Gasteiger partial charge < -0.3 is 9.88 Å². The summed E-state index contributed by atoms with van der Waals surface area (Å²) in [7, 11) is 1.54. The molecule has 23 heavy (non-hydrogen) atoms. The van der Waals surface area contributed by atoms with Gasteiger partial charge in [-0.1, -0.05) is 12.1 Å². The third-order valence-corrected chi connectivity index (χ3v) is 3.19. The van der Waals surface area contributed by atoms with E-state index < -0.39 is 30.0 Å². The van der Waals surface area contributed by atoms with Gasteiger partial charge >= 0.3 is 6.18 Å². The fraction of sp³-hybridized carbons (Fsp3) is 0.200. The molecule has 0 aliphatic heterocycles. The predicted octanol–water partition coefficient (Wildman–Crippen LogP) is 2.98. The summed E-state index contributed by atoms with van der Waals surface area (Å²) >= 11 is 0. The molecule has 0 atom stereocenters. The van der Waals surface area contributed by atoms with Crippen LogP contribution < -0.4 is 5.32 Å². The Morgan fingerprint density at radius 3 is 2.65 bits per heavy atom. The number of alkyl halides is 3. The molecule has 0 radical (unpaired) electrons.